The van der Waals surface area contributed by atoms with Gasteiger partial charge in [0.25, 0.3) is 5.91 Å². The summed E-state index contributed by atoms with van der Waals surface area (Å²) in [6, 6.07) is 6.11. The maximum Gasteiger partial charge on any atom is 0.416 e. The van der Waals surface area contributed by atoms with Crippen LogP contribution in [0.15, 0.2) is 29.3 Å². The zero-order valence-electron chi connectivity index (χ0n) is 16.7. The molecule has 0 aliphatic rings. The zero-order chi connectivity index (χ0) is 23.2. The highest BCUT2D eigenvalue weighted by molar-refractivity contribution is 7.98. The largest absolute Gasteiger partial charge is 0.416 e. The predicted molar refractivity (Wildman–Crippen MR) is 112 cm³/mol. The number of hydrogen-bond acceptors (Lipinski definition) is 8. The van der Waals surface area contributed by atoms with Gasteiger partial charge in [0, 0.05) is 5.69 Å². The summed E-state index contributed by atoms with van der Waals surface area (Å²) in [5.74, 6) is -1.01. The number of unbranched alkanes of at least 4 members (excludes halogenated alkanes) is 1. The molecule has 31 heavy (non-hydrogen) atoms. The number of aromatic nitrogens is 2. The number of nitriles is 1. The Kier molecular flexibility index (Phi) is 7.83. The molecule has 0 radical (unpaired) electrons. The number of nitrogens with zero attached hydrogens (tertiary/aromatic N) is 3. The van der Waals surface area contributed by atoms with E-state index in [9.17, 15) is 23.2 Å². The van der Waals surface area contributed by atoms with Crippen LogP contribution in [0.5, 0.6) is 0 Å². The van der Waals surface area contributed by atoms with E-state index >= 15 is 0 Å². The van der Waals surface area contributed by atoms with Gasteiger partial charge < -0.3 is 22.5 Å². The van der Waals surface area contributed by atoms with Gasteiger partial charge in [-0.15, -0.1) is 11.8 Å². The summed E-state index contributed by atoms with van der Waals surface area (Å²) >= 11 is 1.13. The average Bonchev–Trinajstić information content (AvgIpc) is 2.72. The molecule has 1 aromatic carbocycles. The Hall–Kier alpha value is -2.88. The summed E-state index contributed by atoms with van der Waals surface area (Å²) in [7, 11) is 0. The summed E-state index contributed by atoms with van der Waals surface area (Å²) in [6.07, 6.45) is -1.93. The highest BCUT2D eigenvalue weighted by Crippen LogP contribution is 2.33. The molecule has 0 fully saturated rings. The van der Waals surface area contributed by atoms with Crippen LogP contribution in [0, 0.1) is 11.3 Å². The van der Waals surface area contributed by atoms with Crippen LogP contribution in [0.4, 0.5) is 24.8 Å². The summed E-state index contributed by atoms with van der Waals surface area (Å²) in [5, 5.41) is 12.3. The number of nitrogens with two attached hydrogens (primary N) is 3. The lowest BCUT2D eigenvalue weighted by Gasteiger charge is -2.29. The summed E-state index contributed by atoms with van der Waals surface area (Å²) in [5.41, 5.74) is 14.8. The van der Waals surface area contributed by atoms with Crippen LogP contribution in [0.1, 0.15) is 36.1 Å². The molecule has 12 heteroatoms. The molecule has 166 valence electrons. The lowest BCUT2D eigenvalue weighted by Crippen LogP contribution is -2.50. The number of anilines is 2. The average molecular weight is 453 g/mol. The molecule has 8 nitrogen and oxygen atoms in total. The van der Waals surface area contributed by atoms with Crippen LogP contribution in [0.2, 0.25) is 0 Å². The summed E-state index contributed by atoms with van der Waals surface area (Å²) < 4.78 is 39.1. The van der Waals surface area contributed by atoms with Crippen molar-refractivity contribution < 1.29 is 18.0 Å². The van der Waals surface area contributed by atoms with Crippen LogP contribution >= 0.6 is 11.8 Å². The molecule has 0 bridgehead atoms. The third-order valence-electron chi connectivity index (χ3n) is 4.50. The molecule has 0 saturated carbocycles. The lowest BCUT2D eigenvalue weighted by molar-refractivity contribution is -0.137. The van der Waals surface area contributed by atoms with Crippen LogP contribution in [-0.4, -0.2) is 28.7 Å². The van der Waals surface area contributed by atoms with Crippen molar-refractivity contribution >= 4 is 29.3 Å². The van der Waals surface area contributed by atoms with Crippen LogP contribution in [0.3, 0.4) is 0 Å². The molecule has 1 aromatic heterocycles. The Morgan fingerprint density at radius 2 is 2.00 bits per heavy atom. The van der Waals surface area contributed by atoms with E-state index in [1.165, 1.54) is 12.1 Å². The first kappa shape index (κ1) is 24.4. The van der Waals surface area contributed by atoms with Crippen LogP contribution in [0.25, 0.3) is 0 Å². The molecule has 0 spiro atoms. The normalized spacial score (nSPS) is 13.3. The second-order valence-corrected chi connectivity index (χ2v) is 7.47. The number of amides is 1. The molecule has 1 amide bonds. The van der Waals surface area contributed by atoms with E-state index in [1.54, 1.807) is 6.26 Å². The van der Waals surface area contributed by atoms with E-state index in [2.05, 4.69) is 15.3 Å². The molecular formula is C19H22F3N7OS. The monoisotopic (exact) mass is 453 g/mol. The minimum atomic E-state index is -4.58. The number of carbonyl (C=O) groups is 1. The van der Waals surface area contributed by atoms with Crippen LogP contribution in [-0.2, 0) is 16.5 Å². The molecule has 0 unspecified atom stereocenters. The molecule has 1 atom stereocenters. The van der Waals surface area contributed by atoms with E-state index in [4.69, 9.17) is 17.2 Å². The molecule has 0 aliphatic carbocycles. The van der Waals surface area contributed by atoms with Gasteiger partial charge in [-0.25, -0.2) is 9.97 Å². The van der Waals surface area contributed by atoms with Gasteiger partial charge in [-0.3, -0.25) is 4.79 Å². The number of rotatable bonds is 8. The fourth-order valence-corrected chi connectivity index (χ4v) is 3.46. The van der Waals surface area contributed by atoms with E-state index in [0.29, 0.717) is 19.4 Å². The van der Waals surface area contributed by atoms with Gasteiger partial charge in [0.15, 0.2) is 0 Å². The van der Waals surface area contributed by atoms with Gasteiger partial charge in [-0.2, -0.15) is 18.4 Å². The van der Waals surface area contributed by atoms with Gasteiger partial charge >= 0.3 is 6.18 Å². The Morgan fingerprint density at radius 3 is 2.58 bits per heavy atom. The smallest absolute Gasteiger partial charge is 0.368 e. The van der Waals surface area contributed by atoms with Crippen molar-refractivity contribution in [1.82, 2.24) is 9.97 Å². The first-order valence-corrected chi connectivity index (χ1v) is 10.4. The van der Waals surface area contributed by atoms with Crippen molar-refractivity contribution in [2.45, 2.75) is 36.0 Å². The summed E-state index contributed by atoms with van der Waals surface area (Å²) in [6.45, 7) is 0.346. The maximum absolute atomic E-state index is 13.2. The van der Waals surface area contributed by atoms with Gasteiger partial charge in [0.1, 0.15) is 22.2 Å². The minimum absolute atomic E-state index is 0.0175. The third-order valence-corrected chi connectivity index (χ3v) is 5.18. The van der Waals surface area contributed by atoms with E-state index in [-0.39, 0.29) is 34.3 Å². The molecule has 0 aliphatic heterocycles. The highest BCUT2D eigenvalue weighted by atomic mass is 32.2. The fourth-order valence-electron chi connectivity index (χ4n) is 2.93. The number of hydrogen-bond donors (Lipinski definition) is 4. The number of nitrogens with one attached hydrogen (secondary N) is 1. The third kappa shape index (κ3) is 5.63. The van der Waals surface area contributed by atoms with Crippen molar-refractivity contribution in [1.29, 1.82) is 5.26 Å². The van der Waals surface area contributed by atoms with Gasteiger partial charge in [-0.05, 0) is 50.3 Å². The van der Waals surface area contributed by atoms with Gasteiger partial charge in [0.2, 0.25) is 5.95 Å². The van der Waals surface area contributed by atoms with Crippen molar-refractivity contribution in [3.8, 4) is 6.07 Å². The second kappa shape index (κ2) is 9.95. The maximum atomic E-state index is 13.2. The SMILES string of the molecule is CSc1nc(N)nc([C@@](N)(CCCCN)C(=O)Nc2cccc(C(F)(F)F)c2)c1C#N. The highest BCUT2D eigenvalue weighted by Gasteiger charge is 2.41. The molecule has 2 rings (SSSR count). The zero-order valence-corrected chi connectivity index (χ0v) is 17.5. The topological polar surface area (TPSA) is 157 Å². The molecule has 7 N–H and O–H groups in total. The van der Waals surface area contributed by atoms with E-state index in [1.807, 2.05) is 6.07 Å². The lowest BCUT2D eigenvalue weighted by atomic mass is 9.86. The Bertz CT molecular complexity index is 993. The van der Waals surface area contributed by atoms with E-state index in [0.717, 1.165) is 23.9 Å². The quantitative estimate of drug-likeness (QED) is 0.270. The Labute approximate surface area is 181 Å². The Balaban J connectivity index is 2.53. The standard InChI is InChI=1S/C19H22F3N7OS/c1-31-15-13(10-24)14(28-17(25)29-15)18(26,7-2-3-8-23)16(30)27-12-6-4-5-11(9-12)19(20,21)22/h4-6,9H,2-3,7-8,23,26H2,1H3,(H,27,30)(H2,25,28,29)/t18-/m0/s1. The number of carbonyl (C=O) groups excluding carboxylic acids is 1. The molecular weight excluding hydrogens is 431 g/mol. The van der Waals surface area contributed by atoms with E-state index < -0.39 is 23.2 Å². The first-order valence-electron chi connectivity index (χ1n) is 9.16. The number of benzene rings is 1. The van der Waals surface area contributed by atoms with Gasteiger partial charge in [-0.1, -0.05) is 6.07 Å². The number of halogens is 3. The number of alkyl halides is 3. The fraction of sp³-hybridized carbons (Fsp3) is 0.368. The van der Waals surface area contributed by atoms with Crippen molar-refractivity contribution in [3.05, 3.63) is 41.1 Å². The Morgan fingerprint density at radius 1 is 1.29 bits per heavy atom. The van der Waals surface area contributed by atoms with Crippen LogP contribution < -0.4 is 22.5 Å². The number of thioether (sulfide) groups is 1. The summed E-state index contributed by atoms with van der Waals surface area (Å²) in [4.78, 5) is 21.2. The molecule has 0 saturated heterocycles. The van der Waals surface area contributed by atoms with Crippen molar-refractivity contribution in [3.63, 3.8) is 0 Å². The minimum Gasteiger partial charge on any atom is -0.368 e. The first-order chi connectivity index (χ1) is 14.6. The molecule has 2 aromatic rings. The van der Waals surface area contributed by atoms with Crippen molar-refractivity contribution in [2.75, 3.05) is 23.9 Å². The van der Waals surface area contributed by atoms with Crippen molar-refractivity contribution in [2.24, 2.45) is 11.5 Å². The molecule has 1 heterocycles. The van der Waals surface area contributed by atoms with Gasteiger partial charge in [0.05, 0.1) is 11.3 Å². The second-order valence-electron chi connectivity index (χ2n) is 6.68. The predicted octanol–water partition coefficient (Wildman–Crippen LogP) is 2.59. The number of nitrogen functional groups attached to an aromatic ring is 1.